The third-order valence-electron chi connectivity index (χ3n) is 2.96. The van der Waals surface area contributed by atoms with Gasteiger partial charge in [0, 0.05) is 11.1 Å². The van der Waals surface area contributed by atoms with E-state index in [1.54, 1.807) is 24.3 Å². The molecule has 0 fully saturated rings. The summed E-state index contributed by atoms with van der Waals surface area (Å²) >= 11 is 0. The number of phenolic OH excluding ortho intramolecular Hbond substituents is 1. The van der Waals surface area contributed by atoms with Crippen LogP contribution in [0.25, 0.3) is 22.8 Å². The van der Waals surface area contributed by atoms with Crippen molar-refractivity contribution in [3.05, 3.63) is 53.8 Å². The normalized spacial score (nSPS) is 10.7. The van der Waals surface area contributed by atoms with Gasteiger partial charge >= 0.3 is 0 Å². The second-order valence-corrected chi connectivity index (χ2v) is 4.43. The molecule has 100 valence electrons. The van der Waals surface area contributed by atoms with Crippen LogP contribution in [0.5, 0.6) is 5.75 Å². The van der Waals surface area contributed by atoms with Crippen LogP contribution in [0.2, 0.25) is 0 Å². The third kappa shape index (κ3) is 2.25. The van der Waals surface area contributed by atoms with Crippen LogP contribution in [0.1, 0.15) is 5.56 Å². The van der Waals surface area contributed by atoms with Crippen molar-refractivity contribution in [2.75, 3.05) is 0 Å². The topological polar surface area (TPSA) is 59.2 Å². The fourth-order valence-electron chi connectivity index (χ4n) is 1.92. The molecule has 0 radical (unpaired) electrons. The lowest BCUT2D eigenvalue weighted by atomic mass is 10.1. The van der Waals surface area contributed by atoms with E-state index >= 15 is 0 Å². The number of aromatic nitrogens is 2. The summed E-state index contributed by atoms with van der Waals surface area (Å²) in [6, 6.07) is 10.9. The van der Waals surface area contributed by atoms with Crippen LogP contribution < -0.4 is 0 Å². The van der Waals surface area contributed by atoms with Crippen molar-refractivity contribution in [2.24, 2.45) is 0 Å². The van der Waals surface area contributed by atoms with E-state index in [4.69, 9.17) is 4.52 Å². The molecular weight excluding hydrogens is 259 g/mol. The van der Waals surface area contributed by atoms with Gasteiger partial charge in [0.15, 0.2) is 0 Å². The zero-order chi connectivity index (χ0) is 14.1. The van der Waals surface area contributed by atoms with Gasteiger partial charge in [0.05, 0.1) is 0 Å². The zero-order valence-electron chi connectivity index (χ0n) is 10.7. The summed E-state index contributed by atoms with van der Waals surface area (Å²) in [5, 5.41) is 13.3. The summed E-state index contributed by atoms with van der Waals surface area (Å²) < 4.78 is 18.5. The summed E-state index contributed by atoms with van der Waals surface area (Å²) in [5.41, 5.74) is 2.04. The van der Waals surface area contributed by atoms with Crippen molar-refractivity contribution in [2.45, 2.75) is 6.92 Å². The molecule has 1 N–H and O–H groups in total. The van der Waals surface area contributed by atoms with Gasteiger partial charge in [-0.05, 0) is 36.8 Å². The number of aromatic hydroxyl groups is 1. The van der Waals surface area contributed by atoms with Crippen LogP contribution in [-0.4, -0.2) is 15.2 Å². The molecule has 20 heavy (non-hydrogen) atoms. The molecule has 0 saturated heterocycles. The summed E-state index contributed by atoms with van der Waals surface area (Å²) in [6.07, 6.45) is 0. The maximum absolute atomic E-state index is 13.3. The molecule has 0 aliphatic carbocycles. The van der Waals surface area contributed by atoms with Gasteiger partial charge in [-0.25, -0.2) is 4.39 Å². The Morgan fingerprint density at radius 2 is 2.00 bits per heavy atom. The average Bonchev–Trinajstić information content (AvgIpc) is 2.91. The van der Waals surface area contributed by atoms with Gasteiger partial charge in [-0.1, -0.05) is 23.4 Å². The number of rotatable bonds is 2. The smallest absolute Gasteiger partial charge is 0.258 e. The fourth-order valence-corrected chi connectivity index (χ4v) is 1.92. The fraction of sp³-hybridized carbons (Fsp3) is 0.0667. The quantitative estimate of drug-likeness (QED) is 0.773. The molecule has 0 saturated carbocycles. The second-order valence-electron chi connectivity index (χ2n) is 4.43. The van der Waals surface area contributed by atoms with Crippen LogP contribution in [0.4, 0.5) is 4.39 Å². The van der Waals surface area contributed by atoms with Gasteiger partial charge in [0.1, 0.15) is 11.6 Å². The Morgan fingerprint density at radius 1 is 1.15 bits per heavy atom. The number of phenols is 1. The maximum Gasteiger partial charge on any atom is 0.258 e. The number of aryl methyl sites for hydroxylation is 1. The largest absolute Gasteiger partial charge is 0.508 e. The Hall–Kier alpha value is -2.69. The molecule has 0 atom stereocenters. The molecule has 1 heterocycles. The van der Waals surface area contributed by atoms with Gasteiger partial charge in [0.2, 0.25) is 5.82 Å². The van der Waals surface area contributed by atoms with Crippen LogP contribution in [0, 0.1) is 12.7 Å². The molecular formula is C15H11FN2O2. The number of hydrogen-bond acceptors (Lipinski definition) is 4. The predicted molar refractivity (Wildman–Crippen MR) is 71.5 cm³/mol. The Labute approximate surface area is 114 Å². The predicted octanol–water partition coefficient (Wildman–Crippen LogP) is 3.56. The summed E-state index contributed by atoms with van der Waals surface area (Å²) in [4.78, 5) is 4.24. The van der Waals surface area contributed by atoms with E-state index in [1.165, 1.54) is 18.2 Å². The van der Waals surface area contributed by atoms with Crippen molar-refractivity contribution in [3.63, 3.8) is 0 Å². The third-order valence-corrected chi connectivity index (χ3v) is 2.96. The number of hydrogen-bond donors (Lipinski definition) is 1. The van der Waals surface area contributed by atoms with E-state index in [0.29, 0.717) is 17.0 Å². The van der Waals surface area contributed by atoms with Gasteiger partial charge < -0.3 is 9.63 Å². The first-order chi connectivity index (χ1) is 9.63. The lowest BCUT2D eigenvalue weighted by Crippen LogP contribution is -1.86. The summed E-state index contributed by atoms with van der Waals surface area (Å²) in [6.45, 7) is 1.84. The Kier molecular flexibility index (Phi) is 2.95. The maximum atomic E-state index is 13.3. The molecule has 2 aromatic carbocycles. The van der Waals surface area contributed by atoms with Gasteiger partial charge in [0.25, 0.3) is 5.89 Å². The molecule has 0 aliphatic heterocycles. The standard InChI is InChI=1S/C15H11FN2O2/c1-9-5-6-11(16)8-13(9)15-17-14(18-20-15)10-3-2-4-12(19)7-10/h2-8,19H,1H3. The van der Waals surface area contributed by atoms with Crippen molar-refractivity contribution >= 4 is 0 Å². The van der Waals surface area contributed by atoms with Crippen molar-refractivity contribution in [1.82, 2.24) is 10.1 Å². The highest BCUT2D eigenvalue weighted by molar-refractivity contribution is 5.63. The minimum absolute atomic E-state index is 0.121. The summed E-state index contributed by atoms with van der Waals surface area (Å²) in [7, 11) is 0. The van der Waals surface area contributed by atoms with E-state index in [0.717, 1.165) is 5.56 Å². The van der Waals surface area contributed by atoms with Crippen molar-refractivity contribution in [1.29, 1.82) is 0 Å². The minimum atomic E-state index is -0.359. The number of halogens is 1. The first-order valence-electron chi connectivity index (χ1n) is 6.03. The van der Waals surface area contributed by atoms with Crippen molar-refractivity contribution in [3.8, 4) is 28.6 Å². The molecule has 0 spiro atoms. The molecule has 3 aromatic rings. The molecule has 4 nitrogen and oxygen atoms in total. The van der Waals surface area contributed by atoms with Gasteiger partial charge in [-0.2, -0.15) is 4.98 Å². The second kappa shape index (κ2) is 4.77. The van der Waals surface area contributed by atoms with Crippen LogP contribution in [0.15, 0.2) is 47.0 Å². The van der Waals surface area contributed by atoms with Crippen LogP contribution in [0.3, 0.4) is 0 Å². The molecule has 0 aliphatic rings. The lowest BCUT2D eigenvalue weighted by molar-refractivity contribution is 0.431. The molecule has 0 amide bonds. The first-order valence-corrected chi connectivity index (χ1v) is 6.03. The highest BCUT2D eigenvalue weighted by Gasteiger charge is 2.13. The van der Waals surface area contributed by atoms with Gasteiger partial charge in [-0.15, -0.1) is 0 Å². The van der Waals surface area contributed by atoms with E-state index < -0.39 is 0 Å². The zero-order valence-corrected chi connectivity index (χ0v) is 10.7. The molecule has 1 aromatic heterocycles. The molecule has 5 heteroatoms. The molecule has 0 bridgehead atoms. The Balaban J connectivity index is 2.04. The molecule has 0 unspecified atom stereocenters. The van der Waals surface area contributed by atoms with E-state index in [-0.39, 0.29) is 17.5 Å². The molecule has 3 rings (SSSR count). The average molecular weight is 270 g/mol. The highest BCUT2D eigenvalue weighted by Crippen LogP contribution is 2.26. The number of benzene rings is 2. The van der Waals surface area contributed by atoms with E-state index in [9.17, 15) is 9.50 Å². The van der Waals surface area contributed by atoms with E-state index in [2.05, 4.69) is 10.1 Å². The highest BCUT2D eigenvalue weighted by atomic mass is 19.1. The Bertz CT molecular complexity index is 768. The van der Waals surface area contributed by atoms with Crippen molar-refractivity contribution < 1.29 is 14.0 Å². The SMILES string of the molecule is Cc1ccc(F)cc1-c1nc(-c2cccc(O)c2)no1. The number of nitrogens with zero attached hydrogens (tertiary/aromatic N) is 2. The Morgan fingerprint density at radius 3 is 2.80 bits per heavy atom. The first kappa shape index (κ1) is 12.3. The van der Waals surface area contributed by atoms with Crippen LogP contribution >= 0.6 is 0 Å². The summed E-state index contributed by atoms with van der Waals surface area (Å²) in [5.74, 6) is 0.360. The van der Waals surface area contributed by atoms with Crippen LogP contribution in [-0.2, 0) is 0 Å². The van der Waals surface area contributed by atoms with E-state index in [1.807, 2.05) is 6.92 Å². The lowest BCUT2D eigenvalue weighted by Gasteiger charge is -1.99. The van der Waals surface area contributed by atoms with Gasteiger partial charge in [-0.3, -0.25) is 0 Å². The minimum Gasteiger partial charge on any atom is -0.508 e. The monoisotopic (exact) mass is 270 g/mol.